The fourth-order valence-electron chi connectivity index (χ4n) is 12.5. The lowest BCUT2D eigenvalue weighted by Gasteiger charge is -2.35. The number of esters is 1. The number of nitrogens with one attached hydrogen (secondary N) is 11. The van der Waals surface area contributed by atoms with Gasteiger partial charge in [-0.2, -0.15) is 0 Å². The molecule has 2 fully saturated rings. The summed E-state index contributed by atoms with van der Waals surface area (Å²) in [7, 11) is 3.20. The minimum Gasteiger partial charge on any atom is -0.469 e. The fourth-order valence-corrected chi connectivity index (χ4v) is 14.9. The number of hydrogen-bond acceptors (Lipinski definition) is 19. The van der Waals surface area contributed by atoms with Gasteiger partial charge >= 0.3 is 5.97 Å². The predicted molar refractivity (Wildman–Crippen MR) is 404 cm³/mol. The van der Waals surface area contributed by atoms with Crippen LogP contribution in [0.3, 0.4) is 0 Å². The zero-order valence-corrected chi connectivity index (χ0v) is 63.8. The zero-order chi connectivity index (χ0) is 78.3. The van der Waals surface area contributed by atoms with Crippen LogP contribution in [0.1, 0.15) is 154 Å². The Hall–Kier alpha value is -9.40. The standard InChI is InChI=1S/C75H107N15O15S2/c1-9-10-29-52-66(96)80-49(37-46-23-14-11-15-24-46)39-59(93)81-51(30-20-21-34-76)67(97)85-55(65(77)95)41-106-107-42-56(70(100)89-64(73(103)83-52)75(5,6)7)86-71(101)57-31-22-35-90(57)74(104)63(61(47-25-16-12-17-26-47)48-27-18-13-19-28-48)88-69(99)54(38-50-40-78-43-79-50)84-72(102)62(45(4)91)87-68(98)53(32-33-60(94)105-8)82-58(92)36-44(2)3/h11-19,23-28,40,43-45,49,51-57,61-64,91H,9-10,20-22,29-39,41-42,76H2,1-8H3,(H2,77,95)(H,78,79)(H,80,96)(H,81,93)(H,82,92)(H,83,103)(H,84,102)(H,85,97)(H,86,101)(H,87,98)(H,88,99)(H,89,100)/t45?,49-,51+,52-,53-,54-,55-,56-,57?,62-,63-,64+/m0/s1. The maximum absolute atomic E-state index is 16.1. The van der Waals surface area contributed by atoms with Gasteiger partial charge in [-0.15, -0.1) is 0 Å². The van der Waals surface area contributed by atoms with Crippen LogP contribution in [0.2, 0.25) is 0 Å². The van der Waals surface area contributed by atoms with Gasteiger partial charge in [0.05, 0.1) is 19.5 Å². The third-order valence-electron chi connectivity index (χ3n) is 18.3. The topological polar surface area (TPSA) is 456 Å². The van der Waals surface area contributed by atoms with Crippen molar-refractivity contribution in [1.29, 1.82) is 0 Å². The number of primary amides is 1. The van der Waals surface area contributed by atoms with E-state index in [1.165, 1.54) is 24.3 Å². The fraction of sp³-hybridized carbons (Fsp3) is 0.547. The number of imidazole rings is 1. The second kappa shape index (κ2) is 43.4. The van der Waals surface area contributed by atoms with Crippen molar-refractivity contribution in [3.63, 3.8) is 0 Å². The Balaban J connectivity index is 1.37. The largest absolute Gasteiger partial charge is 0.469 e. The Morgan fingerprint density at radius 3 is 1.91 bits per heavy atom. The quantitative estimate of drug-likeness (QED) is 0.0194. The summed E-state index contributed by atoms with van der Waals surface area (Å²) in [5.74, 6) is -11.6. The second-order valence-corrected chi connectivity index (χ2v) is 31.0. The van der Waals surface area contributed by atoms with E-state index in [2.05, 4.69) is 63.1 Å². The summed E-state index contributed by atoms with van der Waals surface area (Å²) >= 11 is 0. The molecule has 0 aliphatic carbocycles. The number of rotatable bonds is 31. The molecule has 0 saturated carbocycles. The van der Waals surface area contributed by atoms with E-state index < -0.39 is 161 Å². The summed E-state index contributed by atoms with van der Waals surface area (Å²) in [5, 5.41) is 38.9. The highest BCUT2D eigenvalue weighted by atomic mass is 33.1. The van der Waals surface area contributed by atoms with Crippen molar-refractivity contribution >= 4 is 98.4 Å². The van der Waals surface area contributed by atoms with Gasteiger partial charge in [0.25, 0.3) is 0 Å². The van der Waals surface area contributed by atoms with Gasteiger partial charge < -0.3 is 84.4 Å². The van der Waals surface area contributed by atoms with Gasteiger partial charge in [0, 0.05) is 67.6 Å². The van der Waals surface area contributed by atoms with Crippen molar-refractivity contribution in [3.8, 4) is 0 Å². The molecule has 16 N–H and O–H groups in total. The van der Waals surface area contributed by atoms with Gasteiger partial charge in [0.1, 0.15) is 60.4 Å². The number of aliphatic hydroxyl groups excluding tert-OH is 1. The number of carbonyl (C=O) groups is 13. The molecular weight excluding hydrogens is 1420 g/mol. The molecule has 12 amide bonds. The maximum atomic E-state index is 16.1. The van der Waals surface area contributed by atoms with Crippen LogP contribution in [0.25, 0.3) is 0 Å². The molecule has 12 atom stereocenters. The molecule has 30 nitrogen and oxygen atoms in total. The molecule has 4 aromatic rings. The molecule has 6 rings (SSSR count). The van der Waals surface area contributed by atoms with Crippen molar-refractivity contribution in [1.82, 2.24) is 68.0 Å². The molecule has 1 aromatic heterocycles. The highest BCUT2D eigenvalue weighted by molar-refractivity contribution is 8.76. The molecule has 3 heterocycles. The molecule has 32 heteroatoms. The summed E-state index contributed by atoms with van der Waals surface area (Å²) in [6.45, 7) is 12.1. The van der Waals surface area contributed by atoms with E-state index in [-0.39, 0.29) is 88.2 Å². The number of H-pyrrole nitrogens is 1. The van der Waals surface area contributed by atoms with Crippen LogP contribution < -0.4 is 64.6 Å². The van der Waals surface area contributed by atoms with Crippen LogP contribution in [0.5, 0.6) is 0 Å². The van der Waals surface area contributed by atoms with Gasteiger partial charge in [0.2, 0.25) is 70.9 Å². The smallest absolute Gasteiger partial charge is 0.305 e. The molecule has 2 unspecified atom stereocenters. The lowest BCUT2D eigenvalue weighted by molar-refractivity contribution is -0.143. The Morgan fingerprint density at radius 2 is 1.32 bits per heavy atom. The molecule has 2 saturated heterocycles. The number of amides is 12. The van der Waals surface area contributed by atoms with Gasteiger partial charge in [-0.05, 0) is 92.9 Å². The molecule has 0 bridgehead atoms. The number of aliphatic hydroxyl groups is 1. The van der Waals surface area contributed by atoms with E-state index in [0.717, 1.165) is 34.3 Å². The lowest BCUT2D eigenvalue weighted by Crippen LogP contribution is -2.63. The van der Waals surface area contributed by atoms with Crippen LogP contribution in [-0.2, 0) is 79.9 Å². The summed E-state index contributed by atoms with van der Waals surface area (Å²) in [5.41, 5.74) is 12.9. The van der Waals surface area contributed by atoms with Crippen LogP contribution >= 0.6 is 21.6 Å². The van der Waals surface area contributed by atoms with Crippen LogP contribution in [0.15, 0.2) is 104 Å². The van der Waals surface area contributed by atoms with Crippen molar-refractivity contribution in [2.45, 2.75) is 217 Å². The molecule has 584 valence electrons. The molecule has 2 aliphatic rings. The first-order valence-corrected chi connectivity index (χ1v) is 38.9. The van der Waals surface area contributed by atoms with Gasteiger partial charge in [-0.3, -0.25) is 62.3 Å². The van der Waals surface area contributed by atoms with Crippen LogP contribution in [0, 0.1) is 11.3 Å². The maximum Gasteiger partial charge on any atom is 0.305 e. The molecule has 107 heavy (non-hydrogen) atoms. The zero-order valence-electron chi connectivity index (χ0n) is 62.2. The second-order valence-electron chi connectivity index (χ2n) is 28.5. The summed E-state index contributed by atoms with van der Waals surface area (Å²) in [6, 6.07) is 11.6. The van der Waals surface area contributed by atoms with Crippen LogP contribution in [-0.4, -0.2) is 201 Å². The average molecular weight is 1520 g/mol. The third kappa shape index (κ3) is 27.7. The summed E-state index contributed by atoms with van der Waals surface area (Å²) in [6.07, 6.45) is 2.85. The number of ether oxygens (including phenoxy) is 1. The average Bonchev–Trinajstić information content (AvgIpc) is 1.75. The van der Waals surface area contributed by atoms with Crippen molar-refractivity contribution < 1.29 is 72.2 Å². The number of benzene rings is 3. The monoisotopic (exact) mass is 1520 g/mol. The Kier molecular flexibility index (Phi) is 35.1. The first-order valence-electron chi connectivity index (χ1n) is 36.4. The first kappa shape index (κ1) is 86.5. The first-order chi connectivity index (χ1) is 51.0. The lowest BCUT2D eigenvalue weighted by atomic mass is 9.84. The number of likely N-dealkylation sites (tertiary alicyclic amines) is 1. The van der Waals surface area contributed by atoms with E-state index >= 15 is 19.2 Å². The number of aromatic nitrogens is 2. The van der Waals surface area contributed by atoms with Crippen molar-refractivity contribution in [2.24, 2.45) is 22.8 Å². The molecule has 3 aromatic carbocycles. The Morgan fingerprint density at radius 1 is 0.710 bits per heavy atom. The SMILES string of the molecule is CCCC[C@@H]1NC(=O)[C@H](C(C)(C)C)NC(=O)[C@@H](NC(=O)C2CCCN2C(=O)[C@@H](NC(=O)[C@H](Cc2cnc[nH]2)NC(=O)[C@@H](NC(=O)[C@H](CCC(=O)OC)NC(=O)CC(C)C)C(C)O)C(c2ccccc2)c2ccccc2)CSSC[C@@H](C(N)=O)NC(=O)[C@@H](CCCCN)NC(=O)C[C@H](Cc2ccccc2)NC1=O. The van der Waals surface area contributed by atoms with Gasteiger partial charge in [-0.1, -0.05) is 167 Å². The highest BCUT2D eigenvalue weighted by Gasteiger charge is 2.45. The summed E-state index contributed by atoms with van der Waals surface area (Å²) < 4.78 is 4.77. The van der Waals surface area contributed by atoms with Crippen molar-refractivity contribution in [3.05, 3.63) is 126 Å². The molecular formula is C75H107N15O15S2. The third-order valence-corrected chi connectivity index (χ3v) is 20.7. The number of aromatic amines is 1. The minimum atomic E-state index is -1.77. The Bertz CT molecular complexity index is 3570. The van der Waals surface area contributed by atoms with E-state index in [0.29, 0.717) is 49.0 Å². The van der Waals surface area contributed by atoms with Crippen molar-refractivity contribution in [2.75, 3.05) is 31.7 Å². The number of nitrogens with zero attached hydrogens (tertiary/aromatic N) is 2. The predicted octanol–water partition coefficient (Wildman–Crippen LogP) is 1.88. The number of unbranched alkanes of at least 4 members (excludes halogenated alkanes) is 2. The highest BCUT2D eigenvalue weighted by Crippen LogP contribution is 2.33. The molecule has 0 radical (unpaired) electrons. The van der Waals surface area contributed by atoms with Gasteiger partial charge in [-0.25, -0.2) is 4.98 Å². The number of hydrogen-bond donors (Lipinski definition) is 14. The van der Waals surface area contributed by atoms with E-state index in [9.17, 15) is 48.3 Å². The Labute approximate surface area is 632 Å². The van der Waals surface area contributed by atoms with E-state index in [4.69, 9.17) is 16.2 Å². The number of nitrogens with two attached hydrogens (primary N) is 2. The number of carbonyl (C=O) groups excluding carboxylic acids is 13. The summed E-state index contributed by atoms with van der Waals surface area (Å²) in [4.78, 5) is 195. The van der Waals surface area contributed by atoms with Crippen LogP contribution in [0.4, 0.5) is 0 Å². The normalized spacial score (nSPS) is 20.9. The minimum absolute atomic E-state index is 0.0220. The number of methoxy groups -OCH3 is 1. The molecule has 2 aliphatic heterocycles. The van der Waals surface area contributed by atoms with E-state index in [1.807, 2.05) is 37.3 Å². The van der Waals surface area contributed by atoms with Gasteiger partial charge in [0.15, 0.2) is 0 Å². The molecule has 0 spiro atoms. The van der Waals surface area contributed by atoms with E-state index in [1.54, 1.807) is 95.3 Å².